The second-order valence-corrected chi connectivity index (χ2v) is 5.12. The minimum atomic E-state index is -0.0739. The van der Waals surface area contributed by atoms with Gasteiger partial charge in [-0.15, -0.1) is 0 Å². The van der Waals surface area contributed by atoms with Crippen molar-refractivity contribution >= 4 is 15.9 Å². The molecule has 21 heavy (non-hydrogen) atoms. The van der Waals surface area contributed by atoms with Gasteiger partial charge in [0, 0.05) is 11.8 Å². The van der Waals surface area contributed by atoms with Gasteiger partial charge in [-0.3, -0.25) is 0 Å². The van der Waals surface area contributed by atoms with Gasteiger partial charge in [0.05, 0.1) is 26.0 Å². The number of methoxy groups -OCH3 is 2. The molecule has 1 unspecified atom stereocenters. The number of aromatic nitrogens is 2. The van der Waals surface area contributed by atoms with Crippen molar-refractivity contribution in [3.8, 4) is 11.5 Å². The molecular formula is C15H18BrN3O2. The predicted molar refractivity (Wildman–Crippen MR) is 84.8 cm³/mol. The Morgan fingerprint density at radius 1 is 1.24 bits per heavy atom. The normalized spacial score (nSPS) is 12.0. The van der Waals surface area contributed by atoms with Crippen LogP contribution in [0.3, 0.4) is 0 Å². The van der Waals surface area contributed by atoms with Gasteiger partial charge in [-0.25, -0.2) is 9.97 Å². The molecule has 1 aromatic heterocycles. The molecule has 5 nitrogen and oxygen atoms in total. The summed E-state index contributed by atoms with van der Waals surface area (Å²) < 4.78 is 11.7. The first-order valence-electron chi connectivity index (χ1n) is 6.62. The maximum atomic E-state index is 5.56. The van der Waals surface area contributed by atoms with Crippen molar-refractivity contribution in [2.75, 3.05) is 20.8 Å². The molecule has 1 aromatic carbocycles. The Kier molecular flexibility index (Phi) is 5.52. The highest BCUT2D eigenvalue weighted by Crippen LogP contribution is 2.40. The molecule has 0 saturated carbocycles. The zero-order chi connectivity index (χ0) is 15.2. The molecule has 6 heteroatoms. The van der Waals surface area contributed by atoms with Crippen LogP contribution in [0.25, 0.3) is 0 Å². The van der Waals surface area contributed by atoms with Crippen LogP contribution in [0.5, 0.6) is 11.5 Å². The lowest BCUT2D eigenvalue weighted by Gasteiger charge is -2.21. The molecule has 2 aromatic rings. The predicted octanol–water partition coefficient (Wildman–Crippen LogP) is 2.96. The summed E-state index contributed by atoms with van der Waals surface area (Å²) in [7, 11) is 3.28. The molecule has 0 radical (unpaired) electrons. The van der Waals surface area contributed by atoms with Gasteiger partial charge in [-0.05, 0) is 40.7 Å². The molecule has 1 N–H and O–H groups in total. The average Bonchev–Trinajstić information content (AvgIpc) is 2.53. The van der Waals surface area contributed by atoms with Crippen LogP contribution in [-0.4, -0.2) is 30.7 Å². The van der Waals surface area contributed by atoms with Crippen molar-refractivity contribution in [3.05, 3.63) is 46.5 Å². The molecule has 112 valence electrons. The van der Waals surface area contributed by atoms with Crippen molar-refractivity contribution in [1.29, 1.82) is 0 Å². The van der Waals surface area contributed by atoms with Gasteiger partial charge in [-0.1, -0.05) is 6.92 Å². The van der Waals surface area contributed by atoms with E-state index in [1.807, 2.05) is 18.2 Å². The monoisotopic (exact) mass is 351 g/mol. The van der Waals surface area contributed by atoms with Crippen molar-refractivity contribution in [2.45, 2.75) is 13.0 Å². The van der Waals surface area contributed by atoms with Crippen molar-refractivity contribution in [2.24, 2.45) is 0 Å². The Bertz CT molecular complexity index is 593. The highest BCUT2D eigenvalue weighted by atomic mass is 79.9. The first-order valence-corrected chi connectivity index (χ1v) is 7.41. The lowest BCUT2D eigenvalue weighted by Crippen LogP contribution is -2.23. The first kappa shape index (κ1) is 15.7. The maximum Gasteiger partial charge on any atom is 0.141 e. The van der Waals surface area contributed by atoms with Crippen LogP contribution in [-0.2, 0) is 0 Å². The van der Waals surface area contributed by atoms with E-state index in [2.05, 4.69) is 38.1 Å². The van der Waals surface area contributed by atoms with E-state index < -0.39 is 0 Å². The summed E-state index contributed by atoms with van der Waals surface area (Å²) in [6, 6.07) is 5.71. The number of nitrogens with zero attached hydrogens (tertiary/aromatic N) is 2. The van der Waals surface area contributed by atoms with Gasteiger partial charge in [0.2, 0.25) is 0 Å². The Morgan fingerprint density at radius 2 is 2.05 bits per heavy atom. The number of hydrogen-bond donors (Lipinski definition) is 1. The van der Waals surface area contributed by atoms with Gasteiger partial charge in [0.25, 0.3) is 0 Å². The first-order chi connectivity index (χ1) is 10.2. The van der Waals surface area contributed by atoms with E-state index in [0.29, 0.717) is 0 Å². The summed E-state index contributed by atoms with van der Waals surface area (Å²) in [5, 5.41) is 3.42. The van der Waals surface area contributed by atoms with E-state index >= 15 is 0 Å². The summed E-state index contributed by atoms with van der Waals surface area (Å²) in [5.74, 6) is 1.47. The lowest BCUT2D eigenvalue weighted by atomic mass is 10.0. The fraction of sp³-hybridized carbons (Fsp3) is 0.333. The van der Waals surface area contributed by atoms with E-state index in [9.17, 15) is 0 Å². The van der Waals surface area contributed by atoms with E-state index in [4.69, 9.17) is 9.47 Å². The van der Waals surface area contributed by atoms with Crippen LogP contribution in [0.1, 0.15) is 24.2 Å². The van der Waals surface area contributed by atoms with Crippen molar-refractivity contribution in [3.63, 3.8) is 0 Å². The second-order valence-electron chi connectivity index (χ2n) is 4.33. The third-order valence-electron chi connectivity index (χ3n) is 3.14. The van der Waals surface area contributed by atoms with Crippen molar-refractivity contribution < 1.29 is 9.47 Å². The summed E-state index contributed by atoms with van der Waals surface area (Å²) in [6.07, 6.45) is 3.28. The molecule has 0 bridgehead atoms. The summed E-state index contributed by atoms with van der Waals surface area (Å²) in [6.45, 7) is 2.86. The molecule has 0 amide bonds. The largest absolute Gasteiger partial charge is 0.495 e. The maximum absolute atomic E-state index is 5.56. The lowest BCUT2D eigenvalue weighted by molar-refractivity contribution is 0.382. The SMILES string of the molecule is CCNC(c1ccncn1)c1ccc(OC)c(Br)c1OC. The smallest absolute Gasteiger partial charge is 0.141 e. The van der Waals surface area contributed by atoms with Crippen LogP contribution in [0.4, 0.5) is 0 Å². The second kappa shape index (κ2) is 7.38. The van der Waals surface area contributed by atoms with E-state index in [-0.39, 0.29) is 6.04 Å². The number of rotatable bonds is 6. The molecule has 0 fully saturated rings. The van der Waals surface area contributed by atoms with E-state index in [1.54, 1.807) is 26.7 Å². The van der Waals surface area contributed by atoms with Crippen LogP contribution >= 0.6 is 15.9 Å². The zero-order valence-corrected chi connectivity index (χ0v) is 13.8. The van der Waals surface area contributed by atoms with Crippen LogP contribution < -0.4 is 14.8 Å². The zero-order valence-electron chi connectivity index (χ0n) is 12.3. The summed E-state index contributed by atoms with van der Waals surface area (Å²) in [4.78, 5) is 8.32. The molecule has 0 aliphatic carbocycles. The summed E-state index contributed by atoms with van der Waals surface area (Å²) >= 11 is 3.53. The molecule has 2 rings (SSSR count). The molecule has 0 saturated heterocycles. The minimum Gasteiger partial charge on any atom is -0.495 e. The quantitative estimate of drug-likeness (QED) is 0.866. The molecule has 1 heterocycles. The summed E-state index contributed by atoms with van der Waals surface area (Å²) in [5.41, 5.74) is 1.88. The van der Waals surface area contributed by atoms with Gasteiger partial charge < -0.3 is 14.8 Å². The Balaban J connectivity index is 2.53. The van der Waals surface area contributed by atoms with Crippen LogP contribution in [0.15, 0.2) is 35.2 Å². The number of halogens is 1. The Labute approximate surface area is 132 Å². The van der Waals surface area contributed by atoms with Gasteiger partial charge in [0.1, 0.15) is 22.3 Å². The molecule has 0 aliphatic heterocycles. The molecular weight excluding hydrogens is 334 g/mol. The van der Waals surface area contributed by atoms with Gasteiger partial charge in [0.15, 0.2) is 0 Å². The highest BCUT2D eigenvalue weighted by molar-refractivity contribution is 9.10. The molecule has 0 aliphatic rings. The van der Waals surface area contributed by atoms with Crippen LogP contribution in [0.2, 0.25) is 0 Å². The number of hydrogen-bond acceptors (Lipinski definition) is 5. The topological polar surface area (TPSA) is 56.3 Å². The Hall–Kier alpha value is -1.66. The Morgan fingerprint density at radius 3 is 2.62 bits per heavy atom. The average molecular weight is 352 g/mol. The fourth-order valence-corrected chi connectivity index (χ4v) is 2.88. The number of ether oxygens (including phenoxy) is 2. The third kappa shape index (κ3) is 3.33. The fourth-order valence-electron chi connectivity index (χ4n) is 2.20. The third-order valence-corrected chi connectivity index (χ3v) is 3.89. The molecule has 0 spiro atoms. The van der Waals surface area contributed by atoms with E-state index in [0.717, 1.165) is 33.8 Å². The number of nitrogens with one attached hydrogen (secondary N) is 1. The number of benzene rings is 1. The van der Waals surface area contributed by atoms with E-state index in [1.165, 1.54) is 0 Å². The van der Waals surface area contributed by atoms with Crippen molar-refractivity contribution in [1.82, 2.24) is 15.3 Å². The van der Waals surface area contributed by atoms with Gasteiger partial charge >= 0.3 is 0 Å². The van der Waals surface area contributed by atoms with Crippen LogP contribution in [0, 0.1) is 0 Å². The molecule has 1 atom stereocenters. The minimum absolute atomic E-state index is 0.0739. The highest BCUT2D eigenvalue weighted by Gasteiger charge is 2.22. The van der Waals surface area contributed by atoms with Gasteiger partial charge in [-0.2, -0.15) is 0 Å². The standard InChI is InChI=1S/C15H18BrN3O2/c1-4-18-14(11-7-8-17-9-19-11)10-5-6-12(20-2)13(16)15(10)21-3/h5-9,14,18H,4H2,1-3H3.